The van der Waals surface area contributed by atoms with E-state index in [0.717, 1.165) is 10.9 Å². The number of H-pyrrole nitrogens is 1. The lowest BCUT2D eigenvalue weighted by molar-refractivity contribution is 0.0941. The average molecular weight is 259 g/mol. The van der Waals surface area contributed by atoms with Gasteiger partial charge in [-0.3, -0.25) is 4.79 Å². The predicted octanol–water partition coefficient (Wildman–Crippen LogP) is 2.77. The Morgan fingerprint density at radius 2 is 2.05 bits per heavy atom. The molecule has 0 radical (unpaired) electrons. The van der Waals surface area contributed by atoms with Crippen LogP contribution in [0.25, 0.3) is 10.9 Å². The molecule has 102 valence electrons. The van der Waals surface area contributed by atoms with E-state index in [1.54, 1.807) is 0 Å². The first kappa shape index (κ1) is 13.5. The SMILES string of the molecule is CC(C)C(C)CNC(=O)c1cc2cc(N)ccc2[nH]1. The molecule has 4 heteroatoms. The number of amides is 1. The molecule has 1 aromatic heterocycles. The number of nitrogen functional groups attached to an aromatic ring is 1. The van der Waals surface area contributed by atoms with Gasteiger partial charge in [-0.25, -0.2) is 0 Å². The van der Waals surface area contributed by atoms with E-state index in [1.807, 2.05) is 24.3 Å². The molecule has 0 aliphatic rings. The molecule has 0 saturated carbocycles. The van der Waals surface area contributed by atoms with E-state index in [2.05, 4.69) is 31.1 Å². The molecular formula is C15H21N3O. The van der Waals surface area contributed by atoms with Crippen molar-refractivity contribution in [2.24, 2.45) is 11.8 Å². The van der Waals surface area contributed by atoms with Gasteiger partial charge < -0.3 is 16.0 Å². The monoisotopic (exact) mass is 259 g/mol. The molecule has 0 fully saturated rings. The summed E-state index contributed by atoms with van der Waals surface area (Å²) in [6, 6.07) is 7.40. The van der Waals surface area contributed by atoms with Crippen molar-refractivity contribution in [3.63, 3.8) is 0 Å². The Labute approximate surface area is 113 Å². The number of hydrogen-bond acceptors (Lipinski definition) is 2. The molecule has 0 spiro atoms. The van der Waals surface area contributed by atoms with E-state index in [-0.39, 0.29) is 5.91 Å². The lowest BCUT2D eigenvalue weighted by Crippen LogP contribution is -2.30. The highest BCUT2D eigenvalue weighted by Crippen LogP contribution is 2.18. The Morgan fingerprint density at radius 1 is 1.32 bits per heavy atom. The minimum atomic E-state index is -0.0673. The van der Waals surface area contributed by atoms with Crippen LogP contribution in [0.15, 0.2) is 24.3 Å². The number of aromatic amines is 1. The second-order valence-corrected chi connectivity index (χ2v) is 5.46. The summed E-state index contributed by atoms with van der Waals surface area (Å²) >= 11 is 0. The van der Waals surface area contributed by atoms with Crippen molar-refractivity contribution in [3.8, 4) is 0 Å². The van der Waals surface area contributed by atoms with Crippen LogP contribution in [0.5, 0.6) is 0 Å². The zero-order valence-corrected chi connectivity index (χ0v) is 11.7. The lowest BCUT2D eigenvalue weighted by atomic mass is 9.98. The number of carbonyl (C=O) groups is 1. The van der Waals surface area contributed by atoms with E-state index < -0.39 is 0 Å². The first-order chi connectivity index (χ1) is 8.97. The van der Waals surface area contributed by atoms with Crippen LogP contribution in [0.4, 0.5) is 5.69 Å². The summed E-state index contributed by atoms with van der Waals surface area (Å²) in [7, 11) is 0. The Hall–Kier alpha value is -1.97. The van der Waals surface area contributed by atoms with Crippen molar-refractivity contribution >= 4 is 22.5 Å². The van der Waals surface area contributed by atoms with Gasteiger partial charge >= 0.3 is 0 Å². The molecule has 1 aromatic carbocycles. The van der Waals surface area contributed by atoms with Gasteiger partial charge in [0.25, 0.3) is 5.91 Å². The number of fused-ring (bicyclic) bond motifs is 1. The number of hydrogen-bond donors (Lipinski definition) is 3. The topological polar surface area (TPSA) is 70.9 Å². The third-order valence-corrected chi connectivity index (χ3v) is 3.61. The van der Waals surface area contributed by atoms with E-state index in [0.29, 0.717) is 29.8 Å². The molecule has 1 amide bonds. The molecule has 2 aromatic rings. The van der Waals surface area contributed by atoms with Crippen molar-refractivity contribution in [2.75, 3.05) is 12.3 Å². The third kappa shape index (κ3) is 3.08. The smallest absolute Gasteiger partial charge is 0.267 e. The molecule has 4 nitrogen and oxygen atoms in total. The van der Waals surface area contributed by atoms with Crippen LogP contribution in [-0.2, 0) is 0 Å². The second-order valence-electron chi connectivity index (χ2n) is 5.46. The zero-order valence-electron chi connectivity index (χ0n) is 11.7. The van der Waals surface area contributed by atoms with Crippen molar-refractivity contribution in [2.45, 2.75) is 20.8 Å². The van der Waals surface area contributed by atoms with Gasteiger partial charge in [-0.2, -0.15) is 0 Å². The number of nitrogens with one attached hydrogen (secondary N) is 2. The van der Waals surface area contributed by atoms with E-state index in [1.165, 1.54) is 0 Å². The fourth-order valence-electron chi connectivity index (χ4n) is 1.86. The molecule has 0 aliphatic heterocycles. The fraction of sp³-hybridized carbons (Fsp3) is 0.400. The maximum absolute atomic E-state index is 12.1. The van der Waals surface area contributed by atoms with Gasteiger partial charge in [0.2, 0.25) is 0 Å². The molecule has 0 aliphatic carbocycles. The molecule has 1 unspecified atom stereocenters. The number of anilines is 1. The van der Waals surface area contributed by atoms with Crippen molar-refractivity contribution in [3.05, 3.63) is 30.0 Å². The molecule has 19 heavy (non-hydrogen) atoms. The maximum Gasteiger partial charge on any atom is 0.267 e. The summed E-state index contributed by atoms with van der Waals surface area (Å²) in [6.07, 6.45) is 0. The highest BCUT2D eigenvalue weighted by atomic mass is 16.1. The number of rotatable bonds is 4. The minimum Gasteiger partial charge on any atom is -0.399 e. The third-order valence-electron chi connectivity index (χ3n) is 3.61. The summed E-state index contributed by atoms with van der Waals surface area (Å²) in [6.45, 7) is 7.13. The first-order valence-electron chi connectivity index (χ1n) is 6.64. The van der Waals surface area contributed by atoms with Gasteiger partial charge in [0.15, 0.2) is 0 Å². The molecule has 2 rings (SSSR count). The largest absolute Gasteiger partial charge is 0.399 e. The molecule has 0 saturated heterocycles. The Morgan fingerprint density at radius 3 is 2.74 bits per heavy atom. The van der Waals surface area contributed by atoms with Crippen molar-refractivity contribution < 1.29 is 4.79 Å². The number of carbonyl (C=O) groups excluding carboxylic acids is 1. The number of benzene rings is 1. The van der Waals surface area contributed by atoms with Crippen molar-refractivity contribution in [1.29, 1.82) is 0 Å². The van der Waals surface area contributed by atoms with Crippen LogP contribution >= 0.6 is 0 Å². The highest BCUT2D eigenvalue weighted by Gasteiger charge is 2.12. The van der Waals surface area contributed by atoms with E-state index >= 15 is 0 Å². The van der Waals surface area contributed by atoms with Crippen LogP contribution in [0, 0.1) is 11.8 Å². The Bertz CT molecular complexity index is 586. The maximum atomic E-state index is 12.1. The van der Waals surface area contributed by atoms with Crippen LogP contribution in [0.3, 0.4) is 0 Å². The minimum absolute atomic E-state index is 0.0673. The summed E-state index contributed by atoms with van der Waals surface area (Å²) in [5, 5.41) is 3.91. The zero-order chi connectivity index (χ0) is 14.0. The highest BCUT2D eigenvalue weighted by molar-refractivity contribution is 5.98. The van der Waals surface area contributed by atoms with Gasteiger partial charge in [0.05, 0.1) is 0 Å². The standard InChI is InChI=1S/C15H21N3O/c1-9(2)10(3)8-17-15(19)14-7-11-6-12(16)4-5-13(11)18-14/h4-7,9-10,18H,8,16H2,1-3H3,(H,17,19). The molecule has 4 N–H and O–H groups in total. The van der Waals surface area contributed by atoms with Crippen LogP contribution in [0.1, 0.15) is 31.3 Å². The van der Waals surface area contributed by atoms with Gasteiger partial charge in [-0.15, -0.1) is 0 Å². The van der Waals surface area contributed by atoms with Crippen LogP contribution in [0.2, 0.25) is 0 Å². The summed E-state index contributed by atoms with van der Waals surface area (Å²) < 4.78 is 0. The molecule has 1 heterocycles. The van der Waals surface area contributed by atoms with Gasteiger partial charge in [-0.05, 0) is 36.1 Å². The summed E-state index contributed by atoms with van der Waals surface area (Å²) in [5.41, 5.74) is 7.93. The normalized spacial score (nSPS) is 12.8. The van der Waals surface area contributed by atoms with Gasteiger partial charge in [0.1, 0.15) is 5.69 Å². The van der Waals surface area contributed by atoms with Crippen LogP contribution < -0.4 is 11.1 Å². The van der Waals surface area contributed by atoms with Crippen molar-refractivity contribution in [1.82, 2.24) is 10.3 Å². The lowest BCUT2D eigenvalue weighted by Gasteiger charge is -2.15. The van der Waals surface area contributed by atoms with Gasteiger partial charge in [0, 0.05) is 23.1 Å². The molecule has 1 atom stereocenters. The first-order valence-corrected chi connectivity index (χ1v) is 6.64. The second kappa shape index (κ2) is 5.34. The predicted molar refractivity (Wildman–Crippen MR) is 79.0 cm³/mol. The summed E-state index contributed by atoms with van der Waals surface area (Å²) in [4.78, 5) is 15.2. The summed E-state index contributed by atoms with van der Waals surface area (Å²) in [5.74, 6) is 0.953. The Kier molecular flexibility index (Phi) is 3.79. The van der Waals surface area contributed by atoms with E-state index in [4.69, 9.17) is 5.73 Å². The van der Waals surface area contributed by atoms with E-state index in [9.17, 15) is 4.79 Å². The molecule has 0 bridgehead atoms. The van der Waals surface area contributed by atoms with Crippen LogP contribution in [-0.4, -0.2) is 17.4 Å². The Balaban J connectivity index is 2.09. The number of nitrogens with two attached hydrogens (primary N) is 1. The quantitative estimate of drug-likeness (QED) is 0.739. The average Bonchev–Trinajstić information content (AvgIpc) is 2.78. The number of aromatic nitrogens is 1. The molecular weight excluding hydrogens is 238 g/mol. The fourth-order valence-corrected chi connectivity index (χ4v) is 1.86. The van der Waals surface area contributed by atoms with Gasteiger partial charge in [-0.1, -0.05) is 20.8 Å².